The van der Waals surface area contributed by atoms with Gasteiger partial charge in [-0.1, -0.05) is 36.4 Å². The van der Waals surface area contributed by atoms with Gasteiger partial charge in [0.05, 0.1) is 0 Å². The third-order valence-corrected chi connectivity index (χ3v) is 3.51. The number of furan rings is 1. The molecule has 1 N–H and O–H groups in total. The monoisotopic (exact) mass is 288 g/mol. The lowest BCUT2D eigenvalue weighted by molar-refractivity contribution is 0.150. The lowest BCUT2D eigenvalue weighted by atomic mass is 10.0. The summed E-state index contributed by atoms with van der Waals surface area (Å²) in [6.45, 7) is 1.92. The molecule has 0 amide bonds. The molecule has 2 aromatic carbocycles. The molecule has 0 aliphatic heterocycles. The van der Waals surface area contributed by atoms with Crippen LogP contribution in [0.2, 0.25) is 0 Å². The highest BCUT2D eigenvalue weighted by Crippen LogP contribution is 2.31. The second-order valence-electron chi connectivity index (χ2n) is 5.02. The molecule has 0 aliphatic rings. The van der Waals surface area contributed by atoms with Crippen molar-refractivity contribution in [2.45, 2.75) is 19.5 Å². The standard InChI is InChI=1S/C17H14F2O2/c1-10-4-2-6-12-9-14(21-16(10)12)15(20)11-5-3-7-13(8-11)17(18)19/h2-9,15,17,20H,1H3. The molecule has 3 aromatic rings. The van der Waals surface area contributed by atoms with Gasteiger partial charge in [-0.2, -0.15) is 0 Å². The second kappa shape index (κ2) is 5.30. The van der Waals surface area contributed by atoms with Crippen molar-refractivity contribution in [1.82, 2.24) is 0 Å². The molecule has 108 valence electrons. The van der Waals surface area contributed by atoms with Crippen LogP contribution in [0.4, 0.5) is 8.78 Å². The third-order valence-electron chi connectivity index (χ3n) is 3.51. The van der Waals surface area contributed by atoms with E-state index in [0.717, 1.165) is 10.9 Å². The lowest BCUT2D eigenvalue weighted by Crippen LogP contribution is -1.99. The van der Waals surface area contributed by atoms with Crippen LogP contribution < -0.4 is 0 Å². The van der Waals surface area contributed by atoms with Crippen molar-refractivity contribution in [3.63, 3.8) is 0 Å². The summed E-state index contributed by atoms with van der Waals surface area (Å²) in [4.78, 5) is 0. The Morgan fingerprint density at radius 3 is 2.43 bits per heavy atom. The zero-order valence-electron chi connectivity index (χ0n) is 11.4. The van der Waals surface area contributed by atoms with Crippen molar-refractivity contribution >= 4 is 11.0 Å². The lowest BCUT2D eigenvalue weighted by Gasteiger charge is -2.09. The van der Waals surface area contributed by atoms with E-state index in [9.17, 15) is 13.9 Å². The van der Waals surface area contributed by atoms with Crippen molar-refractivity contribution < 1.29 is 18.3 Å². The van der Waals surface area contributed by atoms with Crippen LogP contribution in [0, 0.1) is 6.92 Å². The van der Waals surface area contributed by atoms with Crippen molar-refractivity contribution in [2.75, 3.05) is 0 Å². The van der Waals surface area contributed by atoms with Gasteiger partial charge in [0, 0.05) is 10.9 Å². The first-order valence-electron chi connectivity index (χ1n) is 6.61. The maximum atomic E-state index is 12.7. The average molecular weight is 288 g/mol. The molecule has 0 spiro atoms. The van der Waals surface area contributed by atoms with E-state index in [2.05, 4.69) is 0 Å². The number of rotatable bonds is 3. The number of benzene rings is 2. The zero-order valence-corrected chi connectivity index (χ0v) is 11.4. The molecule has 2 nitrogen and oxygen atoms in total. The third kappa shape index (κ3) is 2.54. The highest BCUT2D eigenvalue weighted by molar-refractivity contribution is 5.81. The van der Waals surface area contributed by atoms with Gasteiger partial charge < -0.3 is 9.52 Å². The minimum Gasteiger partial charge on any atom is -0.458 e. The molecule has 1 unspecified atom stereocenters. The Morgan fingerprint density at radius 2 is 1.71 bits per heavy atom. The molecule has 1 aromatic heterocycles. The zero-order chi connectivity index (χ0) is 15.0. The Labute approximate surface area is 120 Å². The highest BCUT2D eigenvalue weighted by atomic mass is 19.3. The van der Waals surface area contributed by atoms with E-state index >= 15 is 0 Å². The first-order chi connectivity index (χ1) is 10.1. The number of para-hydroxylation sites is 1. The Hall–Kier alpha value is -2.20. The number of alkyl halides is 2. The molecule has 0 aliphatic carbocycles. The number of halogens is 2. The van der Waals surface area contributed by atoms with Crippen LogP contribution >= 0.6 is 0 Å². The van der Waals surface area contributed by atoms with E-state index in [1.807, 2.05) is 25.1 Å². The summed E-state index contributed by atoms with van der Waals surface area (Å²) in [5, 5.41) is 11.2. The largest absolute Gasteiger partial charge is 0.458 e. The number of hydrogen-bond acceptors (Lipinski definition) is 2. The SMILES string of the molecule is Cc1cccc2cc(C(O)c3cccc(C(F)F)c3)oc12. The summed E-state index contributed by atoms with van der Waals surface area (Å²) < 4.78 is 31.1. The fraction of sp³-hybridized carbons (Fsp3) is 0.176. The van der Waals surface area contributed by atoms with Crippen LogP contribution in [-0.4, -0.2) is 5.11 Å². The molecule has 21 heavy (non-hydrogen) atoms. The van der Waals surface area contributed by atoms with E-state index < -0.39 is 12.5 Å². The Kier molecular flexibility index (Phi) is 3.47. The predicted molar refractivity (Wildman–Crippen MR) is 76.4 cm³/mol. The highest BCUT2D eigenvalue weighted by Gasteiger charge is 2.18. The summed E-state index contributed by atoms with van der Waals surface area (Å²) in [6.07, 6.45) is -3.62. The van der Waals surface area contributed by atoms with E-state index in [1.165, 1.54) is 18.2 Å². The van der Waals surface area contributed by atoms with Gasteiger partial charge in [0.15, 0.2) is 0 Å². The van der Waals surface area contributed by atoms with Crippen LogP contribution in [0.3, 0.4) is 0 Å². The molecule has 0 fully saturated rings. The van der Waals surface area contributed by atoms with Gasteiger partial charge in [-0.3, -0.25) is 0 Å². The van der Waals surface area contributed by atoms with Crippen molar-refractivity contribution in [3.05, 3.63) is 71.0 Å². The maximum Gasteiger partial charge on any atom is 0.263 e. The summed E-state index contributed by atoms with van der Waals surface area (Å²) >= 11 is 0. The number of aliphatic hydroxyl groups excluding tert-OH is 1. The van der Waals surface area contributed by atoms with Crippen molar-refractivity contribution in [1.29, 1.82) is 0 Å². The van der Waals surface area contributed by atoms with Crippen LogP contribution in [0.1, 0.15) is 35.0 Å². The fourth-order valence-corrected chi connectivity index (χ4v) is 2.39. The minimum atomic E-state index is -2.56. The maximum absolute atomic E-state index is 12.7. The first kappa shape index (κ1) is 13.8. The molecule has 1 atom stereocenters. The van der Waals surface area contributed by atoms with E-state index in [1.54, 1.807) is 12.1 Å². The van der Waals surface area contributed by atoms with Gasteiger partial charge in [0.1, 0.15) is 17.4 Å². The molecule has 4 heteroatoms. The molecule has 1 heterocycles. The number of fused-ring (bicyclic) bond motifs is 1. The molecule has 3 rings (SSSR count). The van der Waals surface area contributed by atoms with Crippen molar-refractivity contribution in [2.24, 2.45) is 0 Å². The summed E-state index contributed by atoms with van der Waals surface area (Å²) in [5.74, 6) is 0.353. The Balaban J connectivity index is 2.02. The van der Waals surface area contributed by atoms with Gasteiger partial charge >= 0.3 is 0 Å². The molecule has 0 bridgehead atoms. The van der Waals surface area contributed by atoms with Gasteiger partial charge in [-0.25, -0.2) is 8.78 Å². The number of aliphatic hydroxyl groups is 1. The predicted octanol–water partition coefficient (Wildman–Crippen LogP) is 4.76. The van der Waals surface area contributed by atoms with Gasteiger partial charge in [0.2, 0.25) is 0 Å². The minimum absolute atomic E-state index is 0.112. The average Bonchev–Trinajstić information content (AvgIpc) is 2.92. The summed E-state index contributed by atoms with van der Waals surface area (Å²) in [6, 6.07) is 13.2. The molecular formula is C17H14F2O2. The van der Waals surface area contributed by atoms with Gasteiger partial charge in [-0.15, -0.1) is 0 Å². The molecule has 0 saturated carbocycles. The molecule has 0 saturated heterocycles. The van der Waals surface area contributed by atoms with Gasteiger partial charge in [-0.05, 0) is 30.2 Å². The van der Waals surface area contributed by atoms with Crippen LogP contribution in [0.5, 0.6) is 0 Å². The second-order valence-corrected chi connectivity index (χ2v) is 5.02. The Morgan fingerprint density at radius 1 is 1.00 bits per heavy atom. The van der Waals surface area contributed by atoms with Crippen molar-refractivity contribution in [3.8, 4) is 0 Å². The Bertz CT molecular complexity index is 777. The number of hydrogen-bond donors (Lipinski definition) is 1. The van der Waals surface area contributed by atoms with Crippen LogP contribution in [0.15, 0.2) is 52.9 Å². The fourth-order valence-electron chi connectivity index (χ4n) is 2.39. The smallest absolute Gasteiger partial charge is 0.263 e. The van der Waals surface area contributed by atoms with E-state index in [0.29, 0.717) is 16.9 Å². The van der Waals surface area contributed by atoms with Gasteiger partial charge in [0.25, 0.3) is 6.43 Å². The summed E-state index contributed by atoms with van der Waals surface area (Å²) in [5.41, 5.74) is 1.95. The molecular weight excluding hydrogens is 274 g/mol. The normalized spacial score (nSPS) is 13.0. The number of aryl methyl sites for hydroxylation is 1. The van der Waals surface area contributed by atoms with E-state index in [4.69, 9.17) is 4.42 Å². The van der Waals surface area contributed by atoms with Crippen LogP contribution in [-0.2, 0) is 0 Å². The molecule has 0 radical (unpaired) electrons. The first-order valence-corrected chi connectivity index (χ1v) is 6.61. The van der Waals surface area contributed by atoms with E-state index in [-0.39, 0.29) is 5.56 Å². The van der Waals surface area contributed by atoms with Crippen LogP contribution in [0.25, 0.3) is 11.0 Å². The topological polar surface area (TPSA) is 33.4 Å². The summed E-state index contributed by atoms with van der Waals surface area (Å²) in [7, 11) is 0. The quantitative estimate of drug-likeness (QED) is 0.753.